The highest BCUT2D eigenvalue weighted by molar-refractivity contribution is 6.30. The average Bonchev–Trinajstić information content (AvgIpc) is 2.65. The number of nitrogens with one attached hydrogen (secondary N) is 2. The lowest BCUT2D eigenvalue weighted by atomic mass is 10.2. The molecule has 1 heterocycles. The zero-order chi connectivity index (χ0) is 16.3. The standard InChI is InChI=1S/C16H21ClN4O/c1-11-16(12(2)21(4)19-11)18-15(22)10-20(3)9-13-6-5-7-14(17)8-13/h5-8H,9-10H2,1-4H3,(H,18,22)/p+1. The molecule has 2 aromatic rings. The molecular weight excluding hydrogens is 300 g/mol. The highest BCUT2D eigenvalue weighted by atomic mass is 35.5. The molecule has 0 saturated carbocycles. The van der Waals surface area contributed by atoms with Crippen LogP contribution in [-0.4, -0.2) is 29.3 Å². The van der Waals surface area contributed by atoms with Crippen LogP contribution in [0.4, 0.5) is 5.69 Å². The van der Waals surface area contributed by atoms with Gasteiger partial charge in [-0.15, -0.1) is 0 Å². The number of hydrogen-bond acceptors (Lipinski definition) is 2. The molecule has 2 N–H and O–H groups in total. The Bertz CT molecular complexity index is 681. The van der Waals surface area contributed by atoms with Crippen LogP contribution in [0.2, 0.25) is 5.02 Å². The molecule has 1 atom stereocenters. The largest absolute Gasteiger partial charge is 0.326 e. The first-order valence-electron chi connectivity index (χ1n) is 7.22. The van der Waals surface area contributed by atoms with Crippen LogP contribution in [0.3, 0.4) is 0 Å². The summed E-state index contributed by atoms with van der Waals surface area (Å²) in [5.74, 6) is -0.0151. The van der Waals surface area contributed by atoms with Gasteiger partial charge in [-0.2, -0.15) is 5.10 Å². The fourth-order valence-electron chi connectivity index (χ4n) is 2.47. The van der Waals surface area contributed by atoms with E-state index >= 15 is 0 Å². The number of quaternary nitrogens is 1. The summed E-state index contributed by atoms with van der Waals surface area (Å²) in [4.78, 5) is 13.3. The lowest BCUT2D eigenvalue weighted by Crippen LogP contribution is -3.08. The van der Waals surface area contributed by atoms with Crippen molar-refractivity contribution in [3.8, 4) is 0 Å². The molecule has 1 aromatic heterocycles. The molecule has 0 fully saturated rings. The van der Waals surface area contributed by atoms with Crippen molar-refractivity contribution in [2.75, 3.05) is 18.9 Å². The molecule has 0 aliphatic rings. The number of benzene rings is 1. The second-order valence-corrected chi connectivity index (χ2v) is 6.09. The topological polar surface area (TPSA) is 51.4 Å². The van der Waals surface area contributed by atoms with E-state index in [0.29, 0.717) is 6.54 Å². The third kappa shape index (κ3) is 4.08. The number of aromatic nitrogens is 2. The van der Waals surface area contributed by atoms with E-state index in [4.69, 9.17) is 11.6 Å². The number of anilines is 1. The summed E-state index contributed by atoms with van der Waals surface area (Å²) in [6.07, 6.45) is 0. The Morgan fingerprint density at radius 3 is 2.73 bits per heavy atom. The van der Waals surface area contributed by atoms with Crippen LogP contribution >= 0.6 is 11.6 Å². The molecule has 0 aliphatic heterocycles. The van der Waals surface area contributed by atoms with Crippen LogP contribution in [0.5, 0.6) is 0 Å². The average molecular weight is 322 g/mol. The van der Waals surface area contributed by atoms with Crippen LogP contribution in [0.15, 0.2) is 24.3 Å². The van der Waals surface area contributed by atoms with Crippen molar-refractivity contribution in [1.29, 1.82) is 0 Å². The van der Waals surface area contributed by atoms with Crippen molar-refractivity contribution in [2.45, 2.75) is 20.4 Å². The molecule has 118 valence electrons. The van der Waals surface area contributed by atoms with E-state index in [1.807, 2.05) is 52.2 Å². The van der Waals surface area contributed by atoms with Crippen molar-refractivity contribution < 1.29 is 9.69 Å². The molecule has 1 unspecified atom stereocenters. The summed E-state index contributed by atoms with van der Waals surface area (Å²) in [7, 11) is 3.86. The Balaban J connectivity index is 1.94. The Morgan fingerprint density at radius 1 is 1.41 bits per heavy atom. The van der Waals surface area contributed by atoms with Gasteiger partial charge in [0, 0.05) is 17.6 Å². The summed E-state index contributed by atoms with van der Waals surface area (Å²) >= 11 is 5.98. The fourth-order valence-corrected chi connectivity index (χ4v) is 2.68. The fraction of sp³-hybridized carbons (Fsp3) is 0.375. The first-order valence-corrected chi connectivity index (χ1v) is 7.60. The van der Waals surface area contributed by atoms with Gasteiger partial charge in [0.2, 0.25) is 0 Å². The van der Waals surface area contributed by atoms with Crippen LogP contribution in [0, 0.1) is 13.8 Å². The SMILES string of the molecule is Cc1nn(C)c(C)c1NC(=O)C[NH+](C)Cc1cccc(Cl)c1. The zero-order valence-electron chi connectivity index (χ0n) is 13.4. The lowest BCUT2D eigenvalue weighted by molar-refractivity contribution is -0.885. The highest BCUT2D eigenvalue weighted by Gasteiger charge is 2.15. The van der Waals surface area contributed by atoms with E-state index < -0.39 is 0 Å². The van der Waals surface area contributed by atoms with Gasteiger partial charge in [0.25, 0.3) is 5.91 Å². The summed E-state index contributed by atoms with van der Waals surface area (Å²) in [5, 5.41) is 7.98. The molecule has 0 bridgehead atoms. The first kappa shape index (κ1) is 16.5. The number of hydrogen-bond donors (Lipinski definition) is 2. The Labute approximate surface area is 135 Å². The maximum atomic E-state index is 12.2. The van der Waals surface area contributed by atoms with E-state index in [2.05, 4.69) is 10.4 Å². The number of halogens is 1. The second kappa shape index (κ2) is 6.94. The van der Waals surface area contributed by atoms with Crippen molar-refractivity contribution >= 4 is 23.2 Å². The molecule has 6 heteroatoms. The molecule has 0 spiro atoms. The zero-order valence-corrected chi connectivity index (χ0v) is 14.2. The molecule has 5 nitrogen and oxygen atoms in total. The predicted molar refractivity (Wildman–Crippen MR) is 88.2 cm³/mol. The second-order valence-electron chi connectivity index (χ2n) is 5.66. The number of carbonyl (C=O) groups excluding carboxylic acids is 1. The number of amides is 1. The van der Waals surface area contributed by atoms with Gasteiger partial charge in [0.05, 0.1) is 24.1 Å². The Hall–Kier alpha value is -1.85. The van der Waals surface area contributed by atoms with Crippen LogP contribution in [-0.2, 0) is 18.4 Å². The number of aryl methyl sites for hydroxylation is 2. The van der Waals surface area contributed by atoms with Gasteiger partial charge in [-0.3, -0.25) is 9.48 Å². The molecule has 22 heavy (non-hydrogen) atoms. The minimum Gasteiger partial charge on any atom is -0.326 e. The molecular formula is C16H22ClN4O+. The maximum absolute atomic E-state index is 12.2. The number of nitrogens with zero attached hydrogens (tertiary/aromatic N) is 2. The minimum absolute atomic E-state index is 0.0151. The summed E-state index contributed by atoms with van der Waals surface area (Å²) in [5.41, 5.74) is 3.72. The maximum Gasteiger partial charge on any atom is 0.279 e. The van der Waals surface area contributed by atoms with Gasteiger partial charge < -0.3 is 10.2 Å². The third-order valence-corrected chi connectivity index (χ3v) is 3.87. The predicted octanol–water partition coefficient (Wildman–Crippen LogP) is 1.34. The number of rotatable bonds is 5. The van der Waals surface area contributed by atoms with E-state index in [0.717, 1.165) is 39.1 Å². The van der Waals surface area contributed by atoms with E-state index in [1.165, 1.54) is 0 Å². The van der Waals surface area contributed by atoms with Crippen molar-refractivity contribution in [2.24, 2.45) is 7.05 Å². The van der Waals surface area contributed by atoms with Gasteiger partial charge >= 0.3 is 0 Å². The van der Waals surface area contributed by atoms with E-state index in [9.17, 15) is 4.79 Å². The first-order chi connectivity index (χ1) is 10.4. The summed E-state index contributed by atoms with van der Waals surface area (Å²) in [6.45, 7) is 4.97. The number of carbonyl (C=O) groups is 1. The summed E-state index contributed by atoms with van der Waals surface area (Å²) in [6, 6.07) is 7.72. The van der Waals surface area contributed by atoms with E-state index in [1.54, 1.807) is 4.68 Å². The summed E-state index contributed by atoms with van der Waals surface area (Å²) < 4.78 is 1.77. The Morgan fingerprint density at radius 2 is 2.14 bits per heavy atom. The molecule has 2 rings (SSSR count). The lowest BCUT2D eigenvalue weighted by Gasteiger charge is -2.14. The van der Waals surface area contributed by atoms with Crippen LogP contribution < -0.4 is 10.2 Å². The molecule has 0 aliphatic carbocycles. The van der Waals surface area contributed by atoms with Crippen molar-refractivity contribution in [1.82, 2.24) is 9.78 Å². The van der Waals surface area contributed by atoms with Gasteiger partial charge in [0.15, 0.2) is 6.54 Å². The van der Waals surface area contributed by atoms with Crippen molar-refractivity contribution in [3.05, 3.63) is 46.2 Å². The highest BCUT2D eigenvalue weighted by Crippen LogP contribution is 2.17. The Kier molecular flexibility index (Phi) is 5.21. The van der Waals surface area contributed by atoms with Gasteiger partial charge in [-0.05, 0) is 26.0 Å². The van der Waals surface area contributed by atoms with Gasteiger partial charge in [0.1, 0.15) is 6.54 Å². The van der Waals surface area contributed by atoms with Crippen molar-refractivity contribution in [3.63, 3.8) is 0 Å². The molecule has 0 radical (unpaired) electrons. The van der Waals surface area contributed by atoms with Crippen LogP contribution in [0.1, 0.15) is 17.0 Å². The molecule has 0 saturated heterocycles. The molecule has 1 amide bonds. The number of likely N-dealkylation sites (N-methyl/N-ethyl adjacent to an activating group) is 1. The third-order valence-electron chi connectivity index (χ3n) is 3.63. The monoisotopic (exact) mass is 321 g/mol. The minimum atomic E-state index is -0.0151. The van der Waals surface area contributed by atoms with Crippen LogP contribution in [0.25, 0.3) is 0 Å². The van der Waals surface area contributed by atoms with Gasteiger partial charge in [-0.25, -0.2) is 0 Å². The normalized spacial score (nSPS) is 12.2. The quantitative estimate of drug-likeness (QED) is 0.873. The molecule has 1 aromatic carbocycles. The smallest absolute Gasteiger partial charge is 0.279 e. The van der Waals surface area contributed by atoms with Gasteiger partial charge in [-0.1, -0.05) is 23.7 Å². The van der Waals surface area contributed by atoms with E-state index in [-0.39, 0.29) is 5.91 Å².